The summed E-state index contributed by atoms with van der Waals surface area (Å²) in [5.74, 6) is -0.763. The number of ketones is 1. The third-order valence-corrected chi connectivity index (χ3v) is 4.27. The summed E-state index contributed by atoms with van der Waals surface area (Å²) in [6.45, 7) is 3.53. The predicted octanol–water partition coefficient (Wildman–Crippen LogP) is 2.82. The molecule has 1 aromatic heterocycles. The zero-order valence-electron chi connectivity index (χ0n) is 15.8. The number of benzene rings is 1. The van der Waals surface area contributed by atoms with Crippen LogP contribution in [0, 0.1) is 5.92 Å². The molecule has 0 bridgehead atoms. The number of hydrogen-bond acceptors (Lipinski definition) is 5. The molecule has 1 amide bonds. The van der Waals surface area contributed by atoms with Crippen molar-refractivity contribution in [3.63, 3.8) is 0 Å². The summed E-state index contributed by atoms with van der Waals surface area (Å²) < 4.78 is 4.83. The first-order valence-electron chi connectivity index (χ1n) is 8.80. The van der Waals surface area contributed by atoms with Gasteiger partial charge >= 0.3 is 5.97 Å². The number of carbonyl (C=O) groups excluding carboxylic acids is 3. The summed E-state index contributed by atoms with van der Waals surface area (Å²) in [5.41, 5.74) is 1.98. The van der Waals surface area contributed by atoms with Gasteiger partial charge in [0.25, 0.3) is 5.91 Å². The number of nitrogens with one attached hydrogen (secondary N) is 1. The zero-order chi connectivity index (χ0) is 19.8. The van der Waals surface area contributed by atoms with Gasteiger partial charge in [0.1, 0.15) is 11.7 Å². The first-order valence-corrected chi connectivity index (χ1v) is 8.80. The normalized spacial score (nSPS) is 12.7. The second-order valence-electron chi connectivity index (χ2n) is 6.56. The van der Waals surface area contributed by atoms with Crippen LogP contribution in [0.1, 0.15) is 46.7 Å². The average Bonchev–Trinajstić information content (AvgIpc) is 2.67. The standard InChI is InChI=1S/C21H24N2O4/c1-14(12-16-7-9-17(10-8-16)15(2)24)13-19(21(26)27-3)23-20(25)18-6-4-5-11-22-18/h4-11,14,19H,12-13H2,1-3H3,(H,23,25). The molecule has 0 fully saturated rings. The van der Waals surface area contributed by atoms with Crippen molar-refractivity contribution >= 4 is 17.7 Å². The maximum absolute atomic E-state index is 12.3. The molecule has 2 atom stereocenters. The van der Waals surface area contributed by atoms with Gasteiger partial charge in [-0.1, -0.05) is 37.3 Å². The van der Waals surface area contributed by atoms with Crippen LogP contribution in [0.25, 0.3) is 0 Å². The summed E-state index contributed by atoms with van der Waals surface area (Å²) in [5, 5.41) is 2.70. The van der Waals surface area contributed by atoms with Gasteiger partial charge in [-0.05, 0) is 43.4 Å². The number of Topliss-reactive ketones (excluding diaryl/α,β-unsaturated/α-hetero) is 1. The topological polar surface area (TPSA) is 85.4 Å². The van der Waals surface area contributed by atoms with E-state index in [0.29, 0.717) is 18.4 Å². The minimum Gasteiger partial charge on any atom is -0.467 e. The van der Waals surface area contributed by atoms with E-state index in [9.17, 15) is 14.4 Å². The Morgan fingerprint density at radius 2 is 1.81 bits per heavy atom. The molecule has 0 saturated heterocycles. The van der Waals surface area contributed by atoms with Crippen LogP contribution in [0.2, 0.25) is 0 Å². The van der Waals surface area contributed by atoms with Crippen molar-refractivity contribution in [3.05, 3.63) is 65.5 Å². The van der Waals surface area contributed by atoms with Crippen LogP contribution in [-0.2, 0) is 16.0 Å². The van der Waals surface area contributed by atoms with Gasteiger partial charge in [-0.3, -0.25) is 14.6 Å². The van der Waals surface area contributed by atoms with Gasteiger partial charge in [0.05, 0.1) is 7.11 Å². The molecule has 2 aromatic rings. The highest BCUT2D eigenvalue weighted by Gasteiger charge is 2.25. The molecule has 2 rings (SSSR count). The van der Waals surface area contributed by atoms with E-state index in [2.05, 4.69) is 10.3 Å². The number of methoxy groups -OCH3 is 1. The van der Waals surface area contributed by atoms with Crippen molar-refractivity contribution in [1.82, 2.24) is 10.3 Å². The fraction of sp³-hybridized carbons (Fsp3) is 0.333. The molecule has 6 heteroatoms. The van der Waals surface area contributed by atoms with E-state index in [1.807, 2.05) is 19.1 Å². The van der Waals surface area contributed by atoms with Crippen molar-refractivity contribution in [1.29, 1.82) is 0 Å². The number of carbonyl (C=O) groups is 3. The third kappa shape index (κ3) is 6.02. The Hall–Kier alpha value is -3.02. The summed E-state index contributed by atoms with van der Waals surface area (Å²) in [7, 11) is 1.30. The van der Waals surface area contributed by atoms with E-state index in [4.69, 9.17) is 4.74 Å². The van der Waals surface area contributed by atoms with Gasteiger partial charge in [-0.2, -0.15) is 0 Å². The Kier molecular flexibility index (Phi) is 7.23. The third-order valence-electron chi connectivity index (χ3n) is 4.27. The Bertz CT molecular complexity index is 788. The first-order chi connectivity index (χ1) is 12.9. The number of nitrogens with zero attached hydrogens (tertiary/aromatic N) is 1. The maximum Gasteiger partial charge on any atom is 0.328 e. The number of pyridine rings is 1. The van der Waals surface area contributed by atoms with Gasteiger partial charge in [0.15, 0.2) is 5.78 Å². The predicted molar refractivity (Wildman–Crippen MR) is 101 cm³/mol. The van der Waals surface area contributed by atoms with Crippen molar-refractivity contribution in [2.75, 3.05) is 7.11 Å². The highest BCUT2D eigenvalue weighted by Crippen LogP contribution is 2.16. The maximum atomic E-state index is 12.3. The van der Waals surface area contributed by atoms with Crippen molar-refractivity contribution in [3.8, 4) is 0 Å². The van der Waals surface area contributed by atoms with E-state index in [0.717, 1.165) is 5.56 Å². The van der Waals surface area contributed by atoms with Gasteiger partial charge in [-0.25, -0.2) is 4.79 Å². The van der Waals surface area contributed by atoms with Crippen molar-refractivity contribution in [2.24, 2.45) is 5.92 Å². The van der Waals surface area contributed by atoms with Crippen LogP contribution >= 0.6 is 0 Å². The summed E-state index contributed by atoms with van der Waals surface area (Å²) in [4.78, 5) is 39.7. The lowest BCUT2D eigenvalue weighted by atomic mass is 9.93. The second kappa shape index (κ2) is 9.62. The minimum atomic E-state index is -0.754. The molecule has 0 radical (unpaired) electrons. The molecule has 1 N–H and O–H groups in total. The van der Waals surface area contributed by atoms with Crippen LogP contribution in [0.4, 0.5) is 0 Å². The highest BCUT2D eigenvalue weighted by atomic mass is 16.5. The van der Waals surface area contributed by atoms with Gasteiger partial charge in [0, 0.05) is 11.8 Å². The molecule has 0 aliphatic rings. The van der Waals surface area contributed by atoms with E-state index in [1.54, 1.807) is 30.3 Å². The molecule has 27 heavy (non-hydrogen) atoms. The molecular formula is C21H24N2O4. The lowest BCUT2D eigenvalue weighted by Gasteiger charge is -2.20. The molecule has 0 saturated carbocycles. The van der Waals surface area contributed by atoms with Crippen LogP contribution < -0.4 is 5.32 Å². The summed E-state index contributed by atoms with van der Waals surface area (Å²) in [6, 6.07) is 11.7. The molecule has 2 unspecified atom stereocenters. The Balaban J connectivity index is 2.01. The summed E-state index contributed by atoms with van der Waals surface area (Å²) >= 11 is 0. The number of aromatic nitrogens is 1. The minimum absolute atomic E-state index is 0.0255. The van der Waals surface area contributed by atoms with Crippen LogP contribution in [0.3, 0.4) is 0 Å². The first kappa shape index (κ1) is 20.3. The van der Waals surface area contributed by atoms with Crippen molar-refractivity contribution in [2.45, 2.75) is 32.7 Å². The number of amides is 1. The molecule has 1 aromatic carbocycles. The molecule has 6 nitrogen and oxygen atoms in total. The van der Waals surface area contributed by atoms with E-state index in [1.165, 1.54) is 20.2 Å². The van der Waals surface area contributed by atoms with Crippen LogP contribution in [0.15, 0.2) is 48.7 Å². The molecular weight excluding hydrogens is 344 g/mol. The molecule has 142 valence electrons. The monoisotopic (exact) mass is 368 g/mol. The van der Waals surface area contributed by atoms with E-state index < -0.39 is 17.9 Å². The summed E-state index contributed by atoms with van der Waals surface area (Å²) in [6.07, 6.45) is 2.67. The highest BCUT2D eigenvalue weighted by molar-refractivity contribution is 5.95. The molecule has 0 spiro atoms. The number of hydrogen-bond donors (Lipinski definition) is 1. The van der Waals surface area contributed by atoms with Crippen molar-refractivity contribution < 1.29 is 19.1 Å². The average molecular weight is 368 g/mol. The quantitative estimate of drug-likeness (QED) is 0.572. The largest absolute Gasteiger partial charge is 0.467 e. The fourth-order valence-corrected chi connectivity index (χ4v) is 2.85. The van der Waals surface area contributed by atoms with Crippen LogP contribution in [-0.4, -0.2) is 35.8 Å². The lowest BCUT2D eigenvalue weighted by Crippen LogP contribution is -2.43. The Morgan fingerprint density at radius 3 is 2.37 bits per heavy atom. The fourth-order valence-electron chi connectivity index (χ4n) is 2.85. The lowest BCUT2D eigenvalue weighted by molar-refractivity contribution is -0.143. The van der Waals surface area contributed by atoms with E-state index in [-0.39, 0.29) is 17.4 Å². The van der Waals surface area contributed by atoms with Gasteiger partial charge in [0.2, 0.25) is 0 Å². The van der Waals surface area contributed by atoms with E-state index >= 15 is 0 Å². The number of rotatable bonds is 8. The number of ether oxygens (including phenoxy) is 1. The molecule has 1 heterocycles. The zero-order valence-corrected chi connectivity index (χ0v) is 15.8. The smallest absolute Gasteiger partial charge is 0.328 e. The molecule has 0 aliphatic heterocycles. The van der Waals surface area contributed by atoms with Crippen LogP contribution in [0.5, 0.6) is 0 Å². The SMILES string of the molecule is COC(=O)C(CC(C)Cc1ccc(C(C)=O)cc1)NC(=O)c1ccccn1. The second-order valence-corrected chi connectivity index (χ2v) is 6.56. The Morgan fingerprint density at radius 1 is 1.11 bits per heavy atom. The Labute approximate surface area is 159 Å². The van der Waals surface area contributed by atoms with Gasteiger partial charge in [-0.15, -0.1) is 0 Å². The molecule has 0 aliphatic carbocycles. The van der Waals surface area contributed by atoms with Gasteiger partial charge < -0.3 is 10.1 Å². The number of esters is 1.